The van der Waals surface area contributed by atoms with Gasteiger partial charge in [-0.1, -0.05) is 42.5 Å². The number of aryl methyl sites for hydroxylation is 1. The molecule has 27 heavy (non-hydrogen) atoms. The van der Waals surface area contributed by atoms with Gasteiger partial charge in [0.25, 0.3) is 5.91 Å². The molecule has 140 valence electrons. The first-order valence-corrected chi connectivity index (χ1v) is 9.27. The van der Waals surface area contributed by atoms with Crippen LogP contribution in [0, 0.1) is 6.92 Å². The Hall–Kier alpha value is -2.92. The zero-order valence-corrected chi connectivity index (χ0v) is 15.8. The van der Waals surface area contributed by atoms with E-state index in [9.17, 15) is 4.79 Å². The summed E-state index contributed by atoms with van der Waals surface area (Å²) >= 11 is 0. The van der Waals surface area contributed by atoms with Crippen LogP contribution in [0.15, 0.2) is 60.8 Å². The van der Waals surface area contributed by atoms with Crippen LogP contribution in [-0.4, -0.2) is 35.4 Å². The SMILES string of the molecule is CCOCCCNC(=O)c1cn(-c2ccccc2)nc1-c1ccccc1C. The molecule has 1 N–H and O–H groups in total. The van der Waals surface area contributed by atoms with Crippen molar-refractivity contribution < 1.29 is 9.53 Å². The summed E-state index contributed by atoms with van der Waals surface area (Å²) in [7, 11) is 0. The summed E-state index contributed by atoms with van der Waals surface area (Å²) in [6, 6.07) is 17.8. The lowest BCUT2D eigenvalue weighted by molar-refractivity contribution is 0.0945. The zero-order valence-electron chi connectivity index (χ0n) is 15.8. The minimum atomic E-state index is -0.119. The van der Waals surface area contributed by atoms with Gasteiger partial charge < -0.3 is 10.1 Å². The van der Waals surface area contributed by atoms with E-state index >= 15 is 0 Å². The number of rotatable bonds is 8. The number of amides is 1. The number of hydrogen-bond donors (Lipinski definition) is 1. The fourth-order valence-electron chi connectivity index (χ4n) is 2.91. The lowest BCUT2D eigenvalue weighted by Crippen LogP contribution is -2.25. The molecule has 5 heteroatoms. The zero-order chi connectivity index (χ0) is 19.1. The monoisotopic (exact) mass is 363 g/mol. The Balaban J connectivity index is 1.90. The number of carbonyl (C=O) groups is 1. The Morgan fingerprint density at radius 2 is 1.85 bits per heavy atom. The standard InChI is InChI=1S/C22H25N3O2/c1-3-27-15-9-14-23-22(26)20-16-25(18-11-5-4-6-12-18)24-21(20)19-13-8-7-10-17(19)2/h4-8,10-13,16H,3,9,14-15H2,1-2H3,(H,23,26). The molecule has 2 aromatic carbocycles. The van der Waals surface area contributed by atoms with E-state index in [-0.39, 0.29) is 5.91 Å². The van der Waals surface area contributed by atoms with E-state index < -0.39 is 0 Å². The summed E-state index contributed by atoms with van der Waals surface area (Å²) in [4.78, 5) is 12.8. The van der Waals surface area contributed by atoms with Gasteiger partial charge in [0.2, 0.25) is 0 Å². The van der Waals surface area contributed by atoms with Gasteiger partial charge in [-0.05, 0) is 38.0 Å². The number of benzene rings is 2. The second kappa shape index (κ2) is 9.14. The predicted molar refractivity (Wildman–Crippen MR) is 107 cm³/mol. The van der Waals surface area contributed by atoms with Crippen molar-refractivity contribution in [2.45, 2.75) is 20.3 Å². The first kappa shape index (κ1) is 18.9. The number of ether oxygens (including phenoxy) is 1. The molecule has 0 fully saturated rings. The van der Waals surface area contributed by atoms with Crippen LogP contribution in [0.1, 0.15) is 29.3 Å². The van der Waals surface area contributed by atoms with E-state index in [0.717, 1.165) is 23.2 Å². The summed E-state index contributed by atoms with van der Waals surface area (Å²) in [5.41, 5.74) is 4.24. The number of hydrogen-bond acceptors (Lipinski definition) is 3. The van der Waals surface area contributed by atoms with Crippen molar-refractivity contribution in [3.63, 3.8) is 0 Å². The summed E-state index contributed by atoms with van der Waals surface area (Å²) in [6.07, 6.45) is 2.58. The minimum absolute atomic E-state index is 0.119. The molecule has 1 amide bonds. The van der Waals surface area contributed by atoms with Crippen LogP contribution in [0.2, 0.25) is 0 Å². The third-order valence-electron chi connectivity index (χ3n) is 4.33. The van der Waals surface area contributed by atoms with E-state index in [1.807, 2.05) is 68.4 Å². The molecule has 0 saturated heterocycles. The van der Waals surface area contributed by atoms with Gasteiger partial charge >= 0.3 is 0 Å². The molecule has 0 bridgehead atoms. The third kappa shape index (κ3) is 4.63. The first-order valence-electron chi connectivity index (χ1n) is 9.27. The molecule has 1 aromatic heterocycles. The largest absolute Gasteiger partial charge is 0.382 e. The van der Waals surface area contributed by atoms with E-state index in [0.29, 0.717) is 31.0 Å². The molecule has 3 rings (SSSR count). The van der Waals surface area contributed by atoms with Gasteiger partial charge in [0, 0.05) is 31.5 Å². The van der Waals surface area contributed by atoms with Crippen LogP contribution in [-0.2, 0) is 4.74 Å². The highest BCUT2D eigenvalue weighted by Gasteiger charge is 2.19. The number of nitrogens with one attached hydrogen (secondary N) is 1. The molecule has 0 saturated carbocycles. The molecule has 0 atom stereocenters. The maximum atomic E-state index is 12.8. The summed E-state index contributed by atoms with van der Waals surface area (Å²) in [5, 5.41) is 7.70. The predicted octanol–water partition coefficient (Wildman–Crippen LogP) is 4.00. The second-order valence-electron chi connectivity index (χ2n) is 6.29. The number of nitrogens with zero attached hydrogens (tertiary/aromatic N) is 2. The van der Waals surface area contributed by atoms with Crippen molar-refractivity contribution in [3.8, 4) is 16.9 Å². The fourth-order valence-corrected chi connectivity index (χ4v) is 2.91. The van der Waals surface area contributed by atoms with Gasteiger partial charge in [0.15, 0.2) is 0 Å². The van der Waals surface area contributed by atoms with Crippen molar-refractivity contribution in [2.24, 2.45) is 0 Å². The molecular formula is C22H25N3O2. The van der Waals surface area contributed by atoms with Crippen LogP contribution >= 0.6 is 0 Å². The lowest BCUT2D eigenvalue weighted by atomic mass is 10.0. The highest BCUT2D eigenvalue weighted by Crippen LogP contribution is 2.26. The van der Waals surface area contributed by atoms with Gasteiger partial charge in [-0.25, -0.2) is 4.68 Å². The summed E-state index contributed by atoms with van der Waals surface area (Å²) in [6.45, 7) is 5.90. The van der Waals surface area contributed by atoms with Crippen LogP contribution in [0.4, 0.5) is 0 Å². The van der Waals surface area contributed by atoms with E-state index in [1.54, 1.807) is 10.9 Å². The number of para-hydroxylation sites is 1. The van der Waals surface area contributed by atoms with Crippen molar-refractivity contribution in [2.75, 3.05) is 19.8 Å². The van der Waals surface area contributed by atoms with Crippen molar-refractivity contribution >= 4 is 5.91 Å². The highest BCUT2D eigenvalue weighted by atomic mass is 16.5. The number of aromatic nitrogens is 2. The quantitative estimate of drug-likeness (QED) is 0.615. The smallest absolute Gasteiger partial charge is 0.255 e. The van der Waals surface area contributed by atoms with Crippen LogP contribution < -0.4 is 5.32 Å². The molecule has 0 unspecified atom stereocenters. The van der Waals surface area contributed by atoms with Crippen molar-refractivity contribution in [1.29, 1.82) is 0 Å². The molecule has 5 nitrogen and oxygen atoms in total. The molecular weight excluding hydrogens is 338 g/mol. The fraction of sp³-hybridized carbons (Fsp3) is 0.273. The minimum Gasteiger partial charge on any atom is -0.382 e. The Bertz CT molecular complexity index is 888. The summed E-state index contributed by atoms with van der Waals surface area (Å²) in [5.74, 6) is -0.119. The molecule has 0 aliphatic rings. The molecule has 0 aliphatic heterocycles. The van der Waals surface area contributed by atoms with Gasteiger partial charge in [-0.15, -0.1) is 0 Å². The first-order chi connectivity index (χ1) is 13.2. The Labute approximate surface area is 160 Å². The van der Waals surface area contributed by atoms with Gasteiger partial charge in [-0.3, -0.25) is 4.79 Å². The maximum absolute atomic E-state index is 12.8. The lowest BCUT2D eigenvalue weighted by Gasteiger charge is -2.07. The molecule has 3 aromatic rings. The second-order valence-corrected chi connectivity index (χ2v) is 6.29. The van der Waals surface area contributed by atoms with Crippen LogP contribution in [0.25, 0.3) is 16.9 Å². The maximum Gasteiger partial charge on any atom is 0.255 e. The average molecular weight is 363 g/mol. The van der Waals surface area contributed by atoms with Gasteiger partial charge in [0.1, 0.15) is 5.69 Å². The molecule has 0 spiro atoms. The van der Waals surface area contributed by atoms with Gasteiger partial charge in [0.05, 0.1) is 11.3 Å². The van der Waals surface area contributed by atoms with E-state index in [4.69, 9.17) is 9.84 Å². The van der Waals surface area contributed by atoms with Crippen LogP contribution in [0.3, 0.4) is 0 Å². The molecule has 0 radical (unpaired) electrons. The van der Waals surface area contributed by atoms with E-state index in [1.165, 1.54) is 0 Å². The topological polar surface area (TPSA) is 56.1 Å². The Morgan fingerprint density at radius 3 is 2.59 bits per heavy atom. The normalized spacial score (nSPS) is 10.7. The summed E-state index contributed by atoms with van der Waals surface area (Å²) < 4.78 is 7.08. The third-order valence-corrected chi connectivity index (χ3v) is 4.33. The number of carbonyl (C=O) groups excluding carboxylic acids is 1. The van der Waals surface area contributed by atoms with Crippen LogP contribution in [0.5, 0.6) is 0 Å². The van der Waals surface area contributed by atoms with Gasteiger partial charge in [-0.2, -0.15) is 5.10 Å². The van der Waals surface area contributed by atoms with Crippen molar-refractivity contribution in [3.05, 3.63) is 71.9 Å². The van der Waals surface area contributed by atoms with Crippen molar-refractivity contribution in [1.82, 2.24) is 15.1 Å². The molecule has 0 aliphatic carbocycles. The van der Waals surface area contributed by atoms with E-state index in [2.05, 4.69) is 5.32 Å². The Kier molecular flexibility index (Phi) is 6.39. The Morgan fingerprint density at radius 1 is 1.11 bits per heavy atom. The average Bonchev–Trinajstić information content (AvgIpc) is 3.14. The molecule has 1 heterocycles. The highest BCUT2D eigenvalue weighted by molar-refractivity contribution is 6.00.